The Hall–Kier alpha value is -2.19. The molecule has 0 radical (unpaired) electrons. The fourth-order valence-corrected chi connectivity index (χ4v) is 4.56. The molecule has 2 aromatic rings. The minimum Gasteiger partial charge on any atom is -0.460 e. The number of nitrogens with zero attached hydrogens (tertiary/aromatic N) is 3. The van der Waals surface area contributed by atoms with Crippen LogP contribution in [0.25, 0.3) is 0 Å². The van der Waals surface area contributed by atoms with Crippen LogP contribution in [0.1, 0.15) is 47.0 Å². The third kappa shape index (κ3) is 6.17. The van der Waals surface area contributed by atoms with Gasteiger partial charge in [0.05, 0.1) is 23.3 Å². The lowest BCUT2D eigenvalue weighted by Gasteiger charge is -2.39. The number of carbonyl (C=O) groups is 1. The van der Waals surface area contributed by atoms with Crippen molar-refractivity contribution in [2.24, 2.45) is 5.41 Å². The van der Waals surface area contributed by atoms with Crippen LogP contribution in [0.15, 0.2) is 34.3 Å². The van der Waals surface area contributed by atoms with Crippen molar-refractivity contribution in [2.45, 2.75) is 62.5 Å². The highest BCUT2D eigenvalue weighted by Crippen LogP contribution is 2.39. The zero-order valence-corrected chi connectivity index (χ0v) is 20.0. The molecule has 1 aliphatic heterocycles. The van der Waals surface area contributed by atoms with Gasteiger partial charge in [0.1, 0.15) is 16.4 Å². The Morgan fingerprint density at radius 2 is 1.97 bits per heavy atom. The Morgan fingerprint density at radius 1 is 1.29 bits per heavy atom. The highest BCUT2D eigenvalue weighted by Gasteiger charge is 2.34. The minimum absolute atomic E-state index is 0.0857. The summed E-state index contributed by atoms with van der Waals surface area (Å²) in [7, 11) is 0. The first-order valence-electron chi connectivity index (χ1n) is 10.3. The fourth-order valence-electron chi connectivity index (χ4n) is 3.50. The first kappa shape index (κ1) is 23.5. The molecule has 1 fully saturated rings. The summed E-state index contributed by atoms with van der Waals surface area (Å²) < 4.78 is 5.50. The van der Waals surface area contributed by atoms with E-state index in [1.165, 1.54) is 11.8 Å². The smallest absolute Gasteiger partial charge is 0.306 e. The number of piperidine rings is 1. The van der Waals surface area contributed by atoms with Crippen LogP contribution >= 0.6 is 23.4 Å². The van der Waals surface area contributed by atoms with Gasteiger partial charge < -0.3 is 21.1 Å². The zero-order valence-electron chi connectivity index (χ0n) is 18.4. The second kappa shape index (κ2) is 9.12. The summed E-state index contributed by atoms with van der Waals surface area (Å²) in [5.74, 6) is 0.942. The molecule has 4 N–H and O–H groups in total. The van der Waals surface area contributed by atoms with Crippen LogP contribution in [-0.2, 0) is 9.53 Å². The van der Waals surface area contributed by atoms with Gasteiger partial charge in [-0.2, -0.15) is 0 Å². The van der Waals surface area contributed by atoms with E-state index < -0.39 is 5.60 Å². The maximum atomic E-state index is 12.3. The Labute approximate surface area is 192 Å². The minimum atomic E-state index is -0.462. The summed E-state index contributed by atoms with van der Waals surface area (Å²) in [5.41, 5.74) is 12.0. The molecule has 1 aromatic heterocycles. The maximum absolute atomic E-state index is 12.3. The van der Waals surface area contributed by atoms with E-state index in [-0.39, 0.29) is 11.4 Å². The predicted molar refractivity (Wildman–Crippen MR) is 126 cm³/mol. The molecule has 3 rings (SSSR count). The number of hydrogen-bond acceptors (Lipinski definition) is 8. The Kier molecular flexibility index (Phi) is 6.91. The van der Waals surface area contributed by atoms with Crippen LogP contribution in [0.5, 0.6) is 0 Å². The molecular formula is C22H30ClN5O2S. The molecule has 0 aliphatic carbocycles. The molecular weight excluding hydrogens is 434 g/mol. The Bertz CT molecular complexity index is 955. The second-order valence-electron chi connectivity index (χ2n) is 9.24. The van der Waals surface area contributed by atoms with Crippen LogP contribution < -0.4 is 16.4 Å². The summed E-state index contributed by atoms with van der Waals surface area (Å²) >= 11 is 7.61. The molecule has 1 aliphatic rings. The van der Waals surface area contributed by atoms with E-state index in [4.69, 9.17) is 27.8 Å². The number of rotatable bonds is 5. The summed E-state index contributed by atoms with van der Waals surface area (Å²) in [5, 5.41) is 1.07. The molecule has 0 saturated carbocycles. The van der Waals surface area contributed by atoms with Crippen LogP contribution in [0.2, 0.25) is 5.02 Å². The van der Waals surface area contributed by atoms with Gasteiger partial charge in [-0.1, -0.05) is 36.4 Å². The van der Waals surface area contributed by atoms with Crippen LogP contribution in [-0.4, -0.2) is 34.6 Å². The van der Waals surface area contributed by atoms with Gasteiger partial charge in [0.2, 0.25) is 0 Å². The molecule has 0 bridgehead atoms. The van der Waals surface area contributed by atoms with Crippen molar-refractivity contribution < 1.29 is 9.53 Å². The van der Waals surface area contributed by atoms with E-state index in [0.29, 0.717) is 28.0 Å². The number of hydrogen-bond donors (Lipinski definition) is 2. The van der Waals surface area contributed by atoms with Crippen LogP contribution in [0, 0.1) is 5.41 Å². The van der Waals surface area contributed by atoms with Gasteiger partial charge in [-0.3, -0.25) is 4.79 Å². The molecule has 31 heavy (non-hydrogen) atoms. The number of nitrogen functional groups attached to an aromatic ring is 2. The lowest BCUT2D eigenvalue weighted by Crippen LogP contribution is -2.41. The number of aromatic nitrogens is 2. The predicted octanol–water partition coefficient (Wildman–Crippen LogP) is 4.78. The van der Waals surface area contributed by atoms with Crippen LogP contribution in [0.3, 0.4) is 0 Å². The second-order valence-corrected chi connectivity index (χ2v) is 10.6. The molecule has 1 saturated heterocycles. The van der Waals surface area contributed by atoms with Gasteiger partial charge in [-0.25, -0.2) is 9.97 Å². The van der Waals surface area contributed by atoms with E-state index in [0.717, 1.165) is 36.6 Å². The molecule has 0 atom stereocenters. The van der Waals surface area contributed by atoms with Gasteiger partial charge >= 0.3 is 5.97 Å². The van der Waals surface area contributed by atoms with E-state index >= 15 is 0 Å². The normalized spacial score (nSPS) is 16.2. The largest absolute Gasteiger partial charge is 0.460 e. The van der Waals surface area contributed by atoms with Gasteiger partial charge in [-0.05, 0) is 51.2 Å². The number of ether oxygens (including phenoxy) is 1. The molecule has 9 heteroatoms. The molecule has 7 nitrogen and oxygen atoms in total. The number of benzene rings is 1. The van der Waals surface area contributed by atoms with E-state index in [1.54, 1.807) is 12.3 Å². The van der Waals surface area contributed by atoms with Crippen molar-refractivity contribution in [3.8, 4) is 0 Å². The first-order valence-corrected chi connectivity index (χ1v) is 11.5. The van der Waals surface area contributed by atoms with Gasteiger partial charge in [0.15, 0.2) is 5.82 Å². The first-order chi connectivity index (χ1) is 14.5. The summed E-state index contributed by atoms with van der Waals surface area (Å²) in [6.07, 6.45) is 3.88. The monoisotopic (exact) mass is 463 g/mol. The van der Waals surface area contributed by atoms with Gasteiger partial charge in [0, 0.05) is 18.0 Å². The molecule has 2 heterocycles. The molecule has 0 spiro atoms. The van der Waals surface area contributed by atoms with E-state index in [9.17, 15) is 4.79 Å². The summed E-state index contributed by atoms with van der Waals surface area (Å²) in [6.45, 7) is 9.37. The number of nitrogens with two attached hydrogens (primary N) is 2. The molecule has 168 valence electrons. The quantitative estimate of drug-likeness (QED) is 0.481. The van der Waals surface area contributed by atoms with Crippen molar-refractivity contribution in [3.05, 3.63) is 29.4 Å². The third-order valence-electron chi connectivity index (χ3n) is 5.24. The lowest BCUT2D eigenvalue weighted by atomic mass is 9.77. The average Bonchev–Trinajstić information content (AvgIpc) is 2.65. The summed E-state index contributed by atoms with van der Waals surface area (Å²) in [4.78, 5) is 24.3. The topological polar surface area (TPSA) is 107 Å². The molecule has 1 aromatic carbocycles. The highest BCUT2D eigenvalue weighted by molar-refractivity contribution is 7.99. The number of esters is 1. The van der Waals surface area contributed by atoms with Crippen molar-refractivity contribution in [3.63, 3.8) is 0 Å². The number of carbonyl (C=O) groups excluding carboxylic acids is 1. The zero-order chi connectivity index (χ0) is 22.8. The SMILES string of the molecule is CC1(CC(=O)OC(C)(C)C)CCN(c2cnc(Sc3cccc(N)c3Cl)c(N)n2)CC1. The van der Waals surface area contributed by atoms with Crippen molar-refractivity contribution >= 4 is 46.7 Å². The van der Waals surface area contributed by atoms with Crippen molar-refractivity contribution in [2.75, 3.05) is 29.5 Å². The van der Waals surface area contributed by atoms with Gasteiger partial charge in [0.25, 0.3) is 0 Å². The van der Waals surface area contributed by atoms with Gasteiger partial charge in [-0.15, -0.1) is 0 Å². The molecule has 0 unspecified atom stereocenters. The number of anilines is 3. The molecule has 0 amide bonds. The maximum Gasteiger partial charge on any atom is 0.306 e. The standard InChI is InChI=1S/C22H30ClN5O2S/c1-21(2,3)30-17(29)12-22(4)8-10-28(11-9-22)16-13-26-20(19(25)27-16)31-15-7-5-6-14(24)18(15)23/h5-7,13H,8-12,24H2,1-4H3,(H2,25,27). The van der Waals surface area contributed by atoms with Crippen molar-refractivity contribution in [1.82, 2.24) is 9.97 Å². The highest BCUT2D eigenvalue weighted by atomic mass is 35.5. The summed E-state index contributed by atoms with van der Waals surface area (Å²) in [6, 6.07) is 5.45. The Balaban J connectivity index is 1.63. The number of halogens is 1. The lowest BCUT2D eigenvalue weighted by molar-refractivity contribution is -0.157. The van der Waals surface area contributed by atoms with E-state index in [2.05, 4.69) is 21.8 Å². The Morgan fingerprint density at radius 3 is 2.58 bits per heavy atom. The average molecular weight is 464 g/mol. The van der Waals surface area contributed by atoms with E-state index in [1.807, 2.05) is 32.9 Å². The fraction of sp³-hybridized carbons (Fsp3) is 0.500. The third-order valence-corrected chi connectivity index (χ3v) is 6.84. The van der Waals surface area contributed by atoms with Crippen LogP contribution in [0.4, 0.5) is 17.3 Å². The van der Waals surface area contributed by atoms with Crippen molar-refractivity contribution in [1.29, 1.82) is 0 Å².